The third-order valence-corrected chi connectivity index (χ3v) is 9.17. The number of aromatic nitrogens is 3. The molecule has 2 N–H and O–H groups in total. The van der Waals surface area contributed by atoms with Gasteiger partial charge in [0, 0.05) is 57.8 Å². The second kappa shape index (κ2) is 12.1. The molecular formula is C32H39BrFN4O6P. The van der Waals surface area contributed by atoms with Crippen LogP contribution in [0.5, 0.6) is 0 Å². The number of halogens is 2. The van der Waals surface area contributed by atoms with Crippen molar-refractivity contribution in [3.63, 3.8) is 0 Å². The maximum atomic E-state index is 14.0. The highest BCUT2D eigenvalue weighted by Crippen LogP contribution is 2.59. The van der Waals surface area contributed by atoms with Crippen LogP contribution in [-0.2, 0) is 26.1 Å². The van der Waals surface area contributed by atoms with Gasteiger partial charge in [0.05, 0.1) is 31.6 Å². The fourth-order valence-electron chi connectivity index (χ4n) is 6.60. The minimum absolute atomic E-state index is 0.174. The van der Waals surface area contributed by atoms with E-state index < -0.39 is 30.2 Å². The Balaban J connectivity index is 1.74. The standard InChI is InChI=1S/C32H39BrFN4O6P/c1-30(2,3)32(31(4,5)6,44-45(40,41)42)38-20-27(26-17-25(18-35-29(26)38)36-9-11-43-12-10-36)22-7-8-37(28(39)15-22)19-21-13-23(33)16-24(34)14-21/h7-8,13-18,20H,9-12,19H2,1-6H3,(H2,40,41,42). The Hall–Kier alpha value is -2.86. The summed E-state index contributed by atoms with van der Waals surface area (Å²) < 4.78 is 41.8. The number of rotatable bonds is 7. The van der Waals surface area contributed by atoms with E-state index in [0.29, 0.717) is 58.5 Å². The summed E-state index contributed by atoms with van der Waals surface area (Å²) in [4.78, 5) is 40.9. The molecule has 0 unspecified atom stereocenters. The van der Waals surface area contributed by atoms with E-state index >= 15 is 0 Å². The zero-order chi connectivity index (χ0) is 32.9. The number of fused-ring (bicyclic) bond motifs is 1. The second-order valence-electron chi connectivity index (χ2n) is 13.5. The summed E-state index contributed by atoms with van der Waals surface area (Å²) in [6, 6.07) is 9.80. The molecule has 0 spiro atoms. The molecule has 3 aromatic heterocycles. The summed E-state index contributed by atoms with van der Waals surface area (Å²) >= 11 is 3.30. The van der Waals surface area contributed by atoms with Gasteiger partial charge in [-0.3, -0.25) is 9.32 Å². The highest BCUT2D eigenvalue weighted by atomic mass is 79.9. The van der Waals surface area contributed by atoms with Gasteiger partial charge >= 0.3 is 7.82 Å². The molecule has 0 bridgehead atoms. The number of phosphoric ester groups is 1. The van der Waals surface area contributed by atoms with Gasteiger partial charge in [0.2, 0.25) is 0 Å². The molecule has 13 heteroatoms. The van der Waals surface area contributed by atoms with Crippen LogP contribution in [0, 0.1) is 16.6 Å². The molecule has 0 radical (unpaired) electrons. The number of phosphoric acid groups is 1. The van der Waals surface area contributed by atoms with E-state index in [9.17, 15) is 23.5 Å². The number of hydrogen-bond donors (Lipinski definition) is 2. The summed E-state index contributed by atoms with van der Waals surface area (Å²) in [6.07, 6.45) is 5.18. The summed E-state index contributed by atoms with van der Waals surface area (Å²) in [5.74, 6) is -0.404. The number of pyridine rings is 2. The zero-order valence-electron chi connectivity index (χ0n) is 26.3. The zero-order valence-corrected chi connectivity index (χ0v) is 28.7. The van der Waals surface area contributed by atoms with Crippen LogP contribution in [0.25, 0.3) is 22.2 Å². The van der Waals surface area contributed by atoms with E-state index in [-0.39, 0.29) is 12.1 Å². The number of nitrogens with zero attached hydrogens (tertiary/aromatic N) is 4. The van der Waals surface area contributed by atoms with Crippen molar-refractivity contribution in [2.24, 2.45) is 10.8 Å². The van der Waals surface area contributed by atoms with E-state index in [1.807, 2.05) is 47.6 Å². The average Bonchev–Trinajstić information content (AvgIpc) is 3.30. The lowest BCUT2D eigenvalue weighted by Crippen LogP contribution is -2.56. The molecule has 0 atom stereocenters. The van der Waals surface area contributed by atoms with Gasteiger partial charge < -0.3 is 28.6 Å². The molecule has 10 nitrogen and oxygen atoms in total. The third-order valence-electron chi connectivity index (χ3n) is 8.21. The van der Waals surface area contributed by atoms with E-state index in [2.05, 4.69) is 20.8 Å². The molecule has 5 rings (SSSR count). The topological polar surface area (TPSA) is 119 Å². The Morgan fingerprint density at radius 3 is 2.29 bits per heavy atom. The van der Waals surface area contributed by atoms with Gasteiger partial charge in [-0.25, -0.2) is 13.9 Å². The lowest BCUT2D eigenvalue weighted by molar-refractivity contribution is -0.188. The quantitative estimate of drug-likeness (QED) is 0.209. The van der Waals surface area contributed by atoms with Crippen LogP contribution in [-0.4, -0.2) is 50.2 Å². The molecular weight excluding hydrogens is 666 g/mol. The SMILES string of the molecule is CC(C)(C)C(OP(=O)(O)O)(n1cc(-c2ccn(Cc3cc(F)cc(Br)c3)c(=O)c2)c2cc(N3CCOCC3)cnc21)C(C)(C)C. The maximum Gasteiger partial charge on any atom is 0.471 e. The predicted octanol–water partition coefficient (Wildman–Crippen LogP) is 6.51. The molecule has 0 amide bonds. The molecule has 1 aliphatic heterocycles. The first kappa shape index (κ1) is 33.5. The lowest BCUT2D eigenvalue weighted by Gasteiger charge is -2.53. The van der Waals surface area contributed by atoms with Crippen LogP contribution in [0.4, 0.5) is 10.1 Å². The monoisotopic (exact) mass is 704 g/mol. The third kappa shape index (κ3) is 6.68. The van der Waals surface area contributed by atoms with Gasteiger partial charge in [0.1, 0.15) is 11.5 Å². The van der Waals surface area contributed by atoms with E-state index in [1.54, 1.807) is 35.3 Å². The summed E-state index contributed by atoms with van der Waals surface area (Å²) in [5, 5.41) is 0.692. The molecule has 45 heavy (non-hydrogen) atoms. The maximum absolute atomic E-state index is 14.0. The van der Waals surface area contributed by atoms with Crippen LogP contribution in [0.1, 0.15) is 47.1 Å². The van der Waals surface area contributed by atoms with E-state index in [0.717, 1.165) is 5.69 Å². The lowest BCUT2D eigenvalue weighted by atomic mass is 9.68. The minimum atomic E-state index is -5.03. The van der Waals surface area contributed by atoms with Crippen molar-refractivity contribution in [3.8, 4) is 11.1 Å². The van der Waals surface area contributed by atoms with Crippen LogP contribution in [0.2, 0.25) is 0 Å². The van der Waals surface area contributed by atoms with Crippen molar-refractivity contribution >= 4 is 40.5 Å². The fourth-order valence-corrected chi connectivity index (χ4v) is 8.10. The van der Waals surface area contributed by atoms with Crippen molar-refractivity contribution in [2.45, 2.75) is 53.8 Å². The first-order valence-electron chi connectivity index (χ1n) is 14.7. The average molecular weight is 706 g/mol. The van der Waals surface area contributed by atoms with Crippen molar-refractivity contribution in [2.75, 3.05) is 31.2 Å². The molecule has 1 aliphatic rings. The van der Waals surface area contributed by atoms with Gasteiger partial charge in [-0.1, -0.05) is 57.5 Å². The smallest absolute Gasteiger partial charge is 0.378 e. The molecule has 242 valence electrons. The minimum Gasteiger partial charge on any atom is -0.378 e. The first-order chi connectivity index (χ1) is 20.9. The first-order valence-corrected chi connectivity index (χ1v) is 17.0. The number of anilines is 1. The highest BCUT2D eigenvalue weighted by Gasteiger charge is 2.57. The second-order valence-corrected chi connectivity index (χ2v) is 15.5. The van der Waals surface area contributed by atoms with Crippen molar-refractivity contribution in [1.29, 1.82) is 0 Å². The van der Waals surface area contributed by atoms with Gasteiger partial charge in [-0.05, 0) is 41.5 Å². The van der Waals surface area contributed by atoms with Gasteiger partial charge in [0.25, 0.3) is 5.56 Å². The normalized spacial score (nSPS) is 15.2. The fraction of sp³-hybridized carbons (Fsp3) is 0.438. The molecule has 1 aromatic carbocycles. The van der Waals surface area contributed by atoms with Crippen molar-refractivity contribution in [1.82, 2.24) is 14.1 Å². The summed E-state index contributed by atoms with van der Waals surface area (Å²) in [7, 11) is -5.03. The number of hydrogen-bond acceptors (Lipinski definition) is 6. The molecule has 0 saturated carbocycles. The molecule has 0 aliphatic carbocycles. The largest absolute Gasteiger partial charge is 0.471 e. The number of morpholine rings is 1. The molecule has 4 aromatic rings. The van der Waals surface area contributed by atoms with Crippen LogP contribution in [0.15, 0.2) is 64.3 Å². The molecule has 4 heterocycles. The summed E-state index contributed by atoms with van der Waals surface area (Å²) in [6.45, 7) is 13.9. The van der Waals surface area contributed by atoms with Gasteiger partial charge in [-0.2, -0.15) is 0 Å². The Morgan fingerprint density at radius 2 is 1.71 bits per heavy atom. The van der Waals surface area contributed by atoms with Crippen molar-refractivity contribution < 1.29 is 28.0 Å². The summed E-state index contributed by atoms with van der Waals surface area (Å²) in [5.41, 5.74) is -0.379. The van der Waals surface area contributed by atoms with Crippen LogP contribution >= 0.6 is 23.8 Å². The van der Waals surface area contributed by atoms with Gasteiger partial charge in [-0.15, -0.1) is 0 Å². The Labute approximate surface area is 270 Å². The Bertz CT molecular complexity index is 1800. The van der Waals surface area contributed by atoms with Crippen molar-refractivity contribution in [3.05, 3.63) is 81.2 Å². The van der Waals surface area contributed by atoms with Crippen LogP contribution < -0.4 is 10.5 Å². The number of ether oxygens (including phenoxy) is 1. The highest BCUT2D eigenvalue weighted by molar-refractivity contribution is 9.10. The van der Waals surface area contributed by atoms with E-state index in [4.69, 9.17) is 14.2 Å². The molecule has 1 saturated heterocycles. The van der Waals surface area contributed by atoms with Gasteiger partial charge in [0.15, 0.2) is 5.72 Å². The Kier molecular flexibility index (Phi) is 8.98. The predicted molar refractivity (Wildman–Crippen MR) is 176 cm³/mol. The Morgan fingerprint density at radius 1 is 1.04 bits per heavy atom. The number of benzene rings is 1. The van der Waals surface area contributed by atoms with E-state index in [1.165, 1.54) is 22.8 Å². The molecule has 1 fully saturated rings. The van der Waals surface area contributed by atoms with Crippen LogP contribution in [0.3, 0.4) is 0 Å².